The smallest absolute Gasteiger partial charge is 0.308 e. The summed E-state index contributed by atoms with van der Waals surface area (Å²) in [6, 6.07) is 0. The Labute approximate surface area is 95.9 Å². The maximum Gasteiger partial charge on any atom is 0.308 e. The second kappa shape index (κ2) is 5.45. The number of nitrogens with zero attached hydrogens (tertiary/aromatic N) is 1. The van der Waals surface area contributed by atoms with Gasteiger partial charge in [-0.25, -0.2) is 4.98 Å². The molecule has 0 saturated carbocycles. The highest BCUT2D eigenvalue weighted by Gasteiger charge is 2.10. The number of carboxylic acids is 2. The van der Waals surface area contributed by atoms with E-state index in [4.69, 9.17) is 10.2 Å². The number of carbonyl (C=O) groups is 2. The van der Waals surface area contributed by atoms with E-state index in [1.807, 2.05) is 0 Å². The van der Waals surface area contributed by atoms with Crippen LogP contribution in [-0.4, -0.2) is 33.7 Å². The third kappa shape index (κ3) is 3.85. The number of anilines is 1. The first-order valence-corrected chi connectivity index (χ1v) is 5.44. The minimum atomic E-state index is -0.899. The summed E-state index contributed by atoms with van der Waals surface area (Å²) in [7, 11) is 0. The van der Waals surface area contributed by atoms with Gasteiger partial charge in [-0.15, -0.1) is 11.3 Å². The molecule has 0 aliphatic heterocycles. The first-order chi connectivity index (χ1) is 7.49. The molecular formula is C9H12N2O4S. The number of aryl methyl sites for hydroxylation is 1. The lowest BCUT2D eigenvalue weighted by Gasteiger charge is -1.97. The highest BCUT2D eigenvalue weighted by molar-refractivity contribution is 7.15. The van der Waals surface area contributed by atoms with Crippen molar-refractivity contribution in [3.05, 3.63) is 10.6 Å². The van der Waals surface area contributed by atoms with Crippen molar-refractivity contribution in [2.24, 2.45) is 0 Å². The van der Waals surface area contributed by atoms with Crippen molar-refractivity contribution < 1.29 is 19.8 Å². The van der Waals surface area contributed by atoms with Crippen molar-refractivity contribution in [2.45, 2.75) is 19.8 Å². The minimum absolute atomic E-state index is 0.00684. The number of aliphatic carboxylic acids is 2. The van der Waals surface area contributed by atoms with Crippen LogP contribution in [-0.2, 0) is 16.0 Å². The van der Waals surface area contributed by atoms with E-state index in [0.717, 1.165) is 0 Å². The summed E-state index contributed by atoms with van der Waals surface area (Å²) in [5.74, 6) is -1.78. The van der Waals surface area contributed by atoms with E-state index in [1.165, 1.54) is 11.3 Å². The lowest BCUT2D eigenvalue weighted by atomic mass is 10.3. The second-order valence-corrected chi connectivity index (χ2v) is 4.25. The summed E-state index contributed by atoms with van der Waals surface area (Å²) in [5.41, 5.74) is 0.672. The average Bonchev–Trinajstić information content (AvgIpc) is 2.45. The third-order valence-corrected chi connectivity index (χ3v) is 2.93. The van der Waals surface area contributed by atoms with Gasteiger partial charge in [0.1, 0.15) is 0 Å². The molecule has 1 aromatic rings. The zero-order valence-electron chi connectivity index (χ0n) is 8.69. The standard InChI is InChI=1S/C9H12N2O4S/c1-5-6(4-8(14)15)16-9(11-5)10-3-2-7(12)13/h2-4H2,1H3,(H,10,11)(H,12,13)(H,14,15). The number of nitrogens with one attached hydrogen (secondary N) is 1. The highest BCUT2D eigenvalue weighted by Crippen LogP contribution is 2.22. The number of hydrogen-bond donors (Lipinski definition) is 3. The van der Waals surface area contributed by atoms with Crippen LogP contribution in [0, 0.1) is 6.92 Å². The Morgan fingerprint density at radius 1 is 1.38 bits per heavy atom. The van der Waals surface area contributed by atoms with Gasteiger partial charge in [0.2, 0.25) is 0 Å². The minimum Gasteiger partial charge on any atom is -0.481 e. The van der Waals surface area contributed by atoms with Crippen LogP contribution in [0.1, 0.15) is 17.0 Å². The Morgan fingerprint density at radius 2 is 2.06 bits per heavy atom. The van der Waals surface area contributed by atoms with Gasteiger partial charge in [-0.3, -0.25) is 9.59 Å². The average molecular weight is 244 g/mol. The fourth-order valence-electron chi connectivity index (χ4n) is 1.08. The summed E-state index contributed by atoms with van der Waals surface area (Å²) in [4.78, 5) is 25.6. The van der Waals surface area contributed by atoms with Crippen molar-refractivity contribution in [1.29, 1.82) is 0 Å². The Hall–Kier alpha value is -1.63. The number of rotatable bonds is 6. The zero-order chi connectivity index (χ0) is 12.1. The maximum atomic E-state index is 10.5. The molecule has 88 valence electrons. The fourth-order valence-corrected chi connectivity index (χ4v) is 2.06. The molecular weight excluding hydrogens is 232 g/mol. The normalized spacial score (nSPS) is 10.1. The van der Waals surface area contributed by atoms with E-state index < -0.39 is 11.9 Å². The van der Waals surface area contributed by atoms with E-state index in [0.29, 0.717) is 15.7 Å². The van der Waals surface area contributed by atoms with Crippen molar-refractivity contribution in [1.82, 2.24) is 4.98 Å². The van der Waals surface area contributed by atoms with E-state index in [-0.39, 0.29) is 19.4 Å². The molecule has 0 atom stereocenters. The first kappa shape index (κ1) is 12.4. The molecule has 1 heterocycles. The van der Waals surface area contributed by atoms with Crippen LogP contribution in [0.3, 0.4) is 0 Å². The Kier molecular flexibility index (Phi) is 4.24. The fraction of sp³-hybridized carbons (Fsp3) is 0.444. The van der Waals surface area contributed by atoms with Crippen molar-refractivity contribution >= 4 is 28.4 Å². The topological polar surface area (TPSA) is 99.5 Å². The van der Waals surface area contributed by atoms with Gasteiger partial charge in [0.05, 0.1) is 18.5 Å². The molecule has 0 aliphatic rings. The maximum absolute atomic E-state index is 10.5. The number of thiazole rings is 1. The molecule has 0 spiro atoms. The summed E-state index contributed by atoms with van der Waals surface area (Å²) < 4.78 is 0. The van der Waals surface area contributed by atoms with Crippen LogP contribution in [0.5, 0.6) is 0 Å². The van der Waals surface area contributed by atoms with Crippen LogP contribution >= 0.6 is 11.3 Å². The summed E-state index contributed by atoms with van der Waals surface area (Å²) in [6.45, 7) is 2.02. The highest BCUT2D eigenvalue weighted by atomic mass is 32.1. The molecule has 16 heavy (non-hydrogen) atoms. The van der Waals surface area contributed by atoms with E-state index in [9.17, 15) is 9.59 Å². The summed E-state index contributed by atoms with van der Waals surface area (Å²) >= 11 is 1.24. The Balaban J connectivity index is 2.55. The molecule has 1 rings (SSSR count). The quantitative estimate of drug-likeness (QED) is 0.689. The molecule has 0 aromatic carbocycles. The van der Waals surface area contributed by atoms with E-state index >= 15 is 0 Å². The van der Waals surface area contributed by atoms with Crippen LogP contribution in [0.4, 0.5) is 5.13 Å². The van der Waals surface area contributed by atoms with Gasteiger partial charge in [-0.1, -0.05) is 0 Å². The molecule has 6 nitrogen and oxygen atoms in total. The van der Waals surface area contributed by atoms with Crippen LogP contribution in [0.2, 0.25) is 0 Å². The molecule has 0 radical (unpaired) electrons. The van der Waals surface area contributed by atoms with Gasteiger partial charge >= 0.3 is 11.9 Å². The van der Waals surface area contributed by atoms with Gasteiger partial charge in [0, 0.05) is 11.4 Å². The van der Waals surface area contributed by atoms with Gasteiger partial charge in [0.25, 0.3) is 0 Å². The van der Waals surface area contributed by atoms with Gasteiger partial charge in [-0.05, 0) is 6.92 Å². The molecule has 0 saturated heterocycles. The monoisotopic (exact) mass is 244 g/mol. The molecule has 0 fully saturated rings. The number of hydrogen-bond acceptors (Lipinski definition) is 5. The van der Waals surface area contributed by atoms with Crippen molar-refractivity contribution in [3.8, 4) is 0 Å². The predicted octanol–water partition coefficient (Wildman–Crippen LogP) is 0.965. The van der Waals surface area contributed by atoms with Crippen LogP contribution in [0.15, 0.2) is 0 Å². The van der Waals surface area contributed by atoms with Crippen molar-refractivity contribution in [2.75, 3.05) is 11.9 Å². The molecule has 0 unspecified atom stereocenters. The SMILES string of the molecule is Cc1nc(NCCC(=O)O)sc1CC(=O)O. The molecule has 0 aliphatic carbocycles. The zero-order valence-corrected chi connectivity index (χ0v) is 9.50. The van der Waals surface area contributed by atoms with Crippen molar-refractivity contribution in [3.63, 3.8) is 0 Å². The van der Waals surface area contributed by atoms with Gasteiger partial charge in [-0.2, -0.15) is 0 Å². The van der Waals surface area contributed by atoms with E-state index in [1.54, 1.807) is 6.92 Å². The predicted molar refractivity (Wildman–Crippen MR) is 58.9 cm³/mol. The largest absolute Gasteiger partial charge is 0.481 e. The number of carboxylic acid groups (broad SMARTS) is 2. The molecule has 0 amide bonds. The summed E-state index contributed by atoms with van der Waals surface area (Å²) in [6.07, 6.45) is -0.0446. The molecule has 7 heteroatoms. The van der Waals surface area contributed by atoms with Crippen LogP contribution in [0.25, 0.3) is 0 Å². The Morgan fingerprint density at radius 3 is 2.62 bits per heavy atom. The lowest BCUT2D eigenvalue weighted by molar-refractivity contribution is -0.137. The second-order valence-electron chi connectivity index (χ2n) is 3.17. The van der Waals surface area contributed by atoms with Gasteiger partial charge in [0.15, 0.2) is 5.13 Å². The Bertz CT molecular complexity index is 402. The van der Waals surface area contributed by atoms with E-state index in [2.05, 4.69) is 10.3 Å². The first-order valence-electron chi connectivity index (χ1n) is 4.63. The van der Waals surface area contributed by atoms with Gasteiger partial charge < -0.3 is 15.5 Å². The third-order valence-electron chi connectivity index (χ3n) is 1.82. The lowest BCUT2D eigenvalue weighted by Crippen LogP contribution is -2.07. The molecule has 3 N–H and O–H groups in total. The number of aromatic nitrogens is 1. The van der Waals surface area contributed by atoms with Crippen LogP contribution < -0.4 is 5.32 Å². The summed E-state index contributed by atoms with van der Waals surface area (Å²) in [5, 5.41) is 20.5. The molecule has 1 aromatic heterocycles. The molecule has 0 bridgehead atoms.